The van der Waals surface area contributed by atoms with Gasteiger partial charge >= 0.3 is 0 Å². The van der Waals surface area contributed by atoms with E-state index in [4.69, 9.17) is 10.5 Å². The zero-order valence-electron chi connectivity index (χ0n) is 12.7. The van der Waals surface area contributed by atoms with Crippen LogP contribution in [0.5, 0.6) is 0 Å². The summed E-state index contributed by atoms with van der Waals surface area (Å²) in [5.74, 6) is 0.800. The lowest BCUT2D eigenvalue weighted by atomic mass is 10.2. The largest absolute Gasteiger partial charge is 0.360 e. The number of nitrogens with one attached hydrogen (secondary N) is 2. The first-order valence-electron chi connectivity index (χ1n) is 7.28. The minimum absolute atomic E-state index is 0.0313. The van der Waals surface area contributed by atoms with Gasteiger partial charge in [0.15, 0.2) is 0 Å². The summed E-state index contributed by atoms with van der Waals surface area (Å²) >= 11 is 0. The quantitative estimate of drug-likeness (QED) is 0.711. The number of para-hydroxylation sites is 2. The number of benzene rings is 2. The number of hydrogen-bond acceptors (Lipinski definition) is 4. The zero-order chi connectivity index (χ0) is 16.8. The predicted octanol–water partition coefficient (Wildman–Crippen LogP) is 4.08. The van der Waals surface area contributed by atoms with Crippen LogP contribution in [0.1, 0.15) is 11.4 Å². The normalized spacial score (nSPS) is 10.2. The van der Waals surface area contributed by atoms with Crippen molar-refractivity contribution in [2.75, 3.05) is 5.32 Å². The Kier molecular flexibility index (Phi) is 4.37. The summed E-state index contributed by atoms with van der Waals surface area (Å²) in [4.78, 5) is 7.73. The number of nitriles is 2. The summed E-state index contributed by atoms with van der Waals surface area (Å²) in [5.41, 5.74) is 3.80. The predicted molar refractivity (Wildman–Crippen MR) is 94.4 cm³/mol. The number of aromatic amines is 1. The maximum atomic E-state index is 8.68. The Morgan fingerprint density at radius 1 is 1.00 bits per heavy atom. The van der Waals surface area contributed by atoms with Crippen LogP contribution in [0.25, 0.3) is 23.2 Å². The fraction of sp³-hybridized carbons (Fsp3) is 0. The molecule has 0 unspecified atom stereocenters. The molecule has 0 atom stereocenters. The molecule has 2 N–H and O–H groups in total. The van der Waals surface area contributed by atoms with Crippen molar-refractivity contribution in [3.63, 3.8) is 0 Å². The van der Waals surface area contributed by atoms with Gasteiger partial charge in [0.25, 0.3) is 0 Å². The van der Waals surface area contributed by atoms with Gasteiger partial charge in [0.2, 0.25) is 0 Å². The van der Waals surface area contributed by atoms with Crippen molar-refractivity contribution in [3.05, 3.63) is 71.7 Å². The first kappa shape index (κ1) is 15.1. The number of allylic oxidation sites excluding steroid dienone is 1. The average Bonchev–Trinajstić information content (AvgIpc) is 3.05. The number of imidazole rings is 1. The van der Waals surface area contributed by atoms with Crippen LogP contribution in [0, 0.1) is 22.7 Å². The monoisotopic (exact) mass is 311 g/mol. The van der Waals surface area contributed by atoms with Gasteiger partial charge < -0.3 is 10.3 Å². The molecule has 0 bridgehead atoms. The van der Waals surface area contributed by atoms with Gasteiger partial charge in [-0.1, -0.05) is 30.3 Å². The molecular weight excluding hydrogens is 298 g/mol. The summed E-state index contributed by atoms with van der Waals surface area (Å²) in [6, 6.07) is 19.1. The van der Waals surface area contributed by atoms with Gasteiger partial charge in [-0.15, -0.1) is 0 Å². The van der Waals surface area contributed by atoms with Crippen LogP contribution < -0.4 is 5.32 Å². The molecule has 24 heavy (non-hydrogen) atoms. The Morgan fingerprint density at radius 3 is 2.46 bits per heavy atom. The highest BCUT2D eigenvalue weighted by atomic mass is 14.9. The van der Waals surface area contributed by atoms with Crippen molar-refractivity contribution >= 4 is 28.9 Å². The molecule has 0 aliphatic carbocycles. The molecule has 0 spiro atoms. The Hall–Kier alpha value is -3.83. The molecular formula is C19H13N5. The van der Waals surface area contributed by atoms with Gasteiger partial charge in [-0.3, -0.25) is 0 Å². The van der Waals surface area contributed by atoms with Crippen LogP contribution in [-0.2, 0) is 0 Å². The number of hydrogen-bond donors (Lipinski definition) is 2. The number of anilines is 1. The van der Waals surface area contributed by atoms with Crippen LogP contribution in [0.15, 0.2) is 60.3 Å². The summed E-state index contributed by atoms with van der Waals surface area (Å²) < 4.78 is 0. The van der Waals surface area contributed by atoms with Gasteiger partial charge in [0.1, 0.15) is 23.5 Å². The van der Waals surface area contributed by atoms with E-state index in [2.05, 4.69) is 15.3 Å². The number of nitrogens with zero attached hydrogens (tertiary/aromatic N) is 3. The first-order valence-corrected chi connectivity index (χ1v) is 7.28. The second-order valence-corrected chi connectivity index (χ2v) is 5.02. The second-order valence-electron chi connectivity index (χ2n) is 5.02. The first-order chi connectivity index (χ1) is 11.8. The molecule has 0 saturated carbocycles. The SMILES string of the molecule is N#CC(C#N)=CNc1ccc(C=Cc2nc3ccccc3[nH]2)cc1. The van der Waals surface area contributed by atoms with Crippen LogP contribution in [-0.4, -0.2) is 9.97 Å². The lowest BCUT2D eigenvalue weighted by molar-refractivity contribution is 1.29. The molecule has 0 aliphatic rings. The Labute approximate surface area is 139 Å². The molecule has 1 heterocycles. The molecule has 0 amide bonds. The van der Waals surface area contributed by atoms with Gasteiger partial charge in [0.05, 0.1) is 11.0 Å². The maximum Gasteiger partial charge on any atom is 0.145 e. The van der Waals surface area contributed by atoms with Crippen LogP contribution in [0.2, 0.25) is 0 Å². The number of H-pyrrole nitrogens is 1. The highest BCUT2D eigenvalue weighted by Gasteiger charge is 1.98. The van der Waals surface area contributed by atoms with E-state index in [9.17, 15) is 0 Å². The lowest BCUT2D eigenvalue weighted by Crippen LogP contribution is -1.89. The van der Waals surface area contributed by atoms with Crippen molar-refractivity contribution in [2.24, 2.45) is 0 Å². The molecule has 0 aliphatic heterocycles. The van der Waals surface area contributed by atoms with E-state index in [1.165, 1.54) is 6.20 Å². The standard InChI is InChI=1S/C19H13N5/c20-11-15(12-21)13-22-16-8-5-14(6-9-16)7-10-19-23-17-3-1-2-4-18(17)24-19/h1-10,13,22H,(H,23,24). The van der Waals surface area contributed by atoms with Gasteiger partial charge in [-0.05, 0) is 35.9 Å². The van der Waals surface area contributed by atoms with Gasteiger partial charge in [-0.25, -0.2) is 4.98 Å². The Morgan fingerprint density at radius 2 is 1.75 bits per heavy atom. The van der Waals surface area contributed by atoms with Crippen LogP contribution in [0.4, 0.5) is 5.69 Å². The third-order valence-electron chi connectivity index (χ3n) is 3.38. The average molecular weight is 311 g/mol. The van der Waals surface area contributed by atoms with E-state index in [1.54, 1.807) is 12.1 Å². The van der Waals surface area contributed by atoms with E-state index in [1.807, 2.05) is 60.7 Å². The molecule has 1 aromatic heterocycles. The summed E-state index contributed by atoms with van der Waals surface area (Å²) in [5, 5.41) is 20.3. The summed E-state index contributed by atoms with van der Waals surface area (Å²) in [6.45, 7) is 0. The second kappa shape index (κ2) is 6.95. The molecule has 2 aromatic carbocycles. The molecule has 0 saturated heterocycles. The molecule has 3 aromatic rings. The van der Waals surface area contributed by atoms with E-state index in [-0.39, 0.29) is 5.57 Å². The van der Waals surface area contributed by atoms with Gasteiger partial charge in [0, 0.05) is 11.9 Å². The van der Waals surface area contributed by atoms with Crippen LogP contribution in [0.3, 0.4) is 0 Å². The van der Waals surface area contributed by atoms with E-state index in [0.717, 1.165) is 28.1 Å². The maximum absolute atomic E-state index is 8.68. The highest BCUT2D eigenvalue weighted by molar-refractivity contribution is 5.78. The number of aromatic nitrogens is 2. The highest BCUT2D eigenvalue weighted by Crippen LogP contribution is 2.14. The fourth-order valence-corrected chi connectivity index (χ4v) is 2.16. The number of rotatable bonds is 4. The Balaban J connectivity index is 1.71. The number of fused-ring (bicyclic) bond motifs is 1. The molecule has 0 fully saturated rings. The van der Waals surface area contributed by atoms with Gasteiger partial charge in [-0.2, -0.15) is 10.5 Å². The van der Waals surface area contributed by atoms with Crippen molar-refractivity contribution in [1.82, 2.24) is 9.97 Å². The van der Waals surface area contributed by atoms with Crippen molar-refractivity contribution < 1.29 is 0 Å². The molecule has 5 nitrogen and oxygen atoms in total. The fourth-order valence-electron chi connectivity index (χ4n) is 2.16. The van der Waals surface area contributed by atoms with E-state index >= 15 is 0 Å². The minimum atomic E-state index is 0.0313. The third-order valence-corrected chi connectivity index (χ3v) is 3.38. The van der Waals surface area contributed by atoms with E-state index in [0.29, 0.717) is 0 Å². The summed E-state index contributed by atoms with van der Waals surface area (Å²) in [7, 11) is 0. The summed E-state index contributed by atoms with van der Waals surface area (Å²) in [6.07, 6.45) is 5.28. The third kappa shape index (κ3) is 3.49. The lowest BCUT2D eigenvalue weighted by Gasteiger charge is -2.00. The van der Waals surface area contributed by atoms with Crippen LogP contribution >= 0.6 is 0 Å². The smallest absolute Gasteiger partial charge is 0.145 e. The zero-order valence-corrected chi connectivity index (χ0v) is 12.7. The molecule has 0 radical (unpaired) electrons. The topological polar surface area (TPSA) is 88.3 Å². The minimum Gasteiger partial charge on any atom is -0.360 e. The Bertz CT molecular complexity index is 946. The van der Waals surface area contributed by atoms with Crippen molar-refractivity contribution in [3.8, 4) is 12.1 Å². The van der Waals surface area contributed by atoms with Crippen molar-refractivity contribution in [2.45, 2.75) is 0 Å². The molecule has 5 heteroatoms. The van der Waals surface area contributed by atoms with Crippen molar-refractivity contribution in [1.29, 1.82) is 10.5 Å². The molecule has 3 rings (SSSR count). The van der Waals surface area contributed by atoms with E-state index < -0.39 is 0 Å². The molecule has 114 valence electrons.